The molecule has 0 N–H and O–H groups in total. The first kappa shape index (κ1) is 11.3. The maximum atomic E-state index is 9.17. The second-order valence-corrected chi connectivity index (χ2v) is 4.79. The van der Waals surface area contributed by atoms with E-state index in [2.05, 4.69) is 22.0 Å². The van der Waals surface area contributed by atoms with Crippen LogP contribution in [-0.2, 0) is 0 Å². The fourth-order valence-electron chi connectivity index (χ4n) is 1.84. The van der Waals surface area contributed by atoms with E-state index in [1.165, 1.54) is 0 Å². The van der Waals surface area contributed by atoms with Crippen molar-refractivity contribution in [3.8, 4) is 17.6 Å². The van der Waals surface area contributed by atoms with Gasteiger partial charge in [0, 0.05) is 10.0 Å². The Kier molecular flexibility index (Phi) is 3.06. The molecule has 84 valence electrons. The molecule has 1 aromatic carbocycles. The van der Waals surface area contributed by atoms with Gasteiger partial charge in [0.15, 0.2) is 11.5 Å². The second kappa shape index (κ2) is 4.34. The number of hydrogen-bond donors (Lipinski definition) is 0. The molecular weight excluding hydrogens is 270 g/mol. The summed E-state index contributed by atoms with van der Waals surface area (Å²) in [4.78, 5) is 0. The maximum absolute atomic E-state index is 9.17. The molecule has 1 heterocycles. The van der Waals surface area contributed by atoms with Crippen LogP contribution in [0.2, 0.25) is 0 Å². The molecule has 0 aliphatic carbocycles. The van der Waals surface area contributed by atoms with Gasteiger partial charge >= 0.3 is 0 Å². The minimum absolute atomic E-state index is 0.225. The van der Waals surface area contributed by atoms with E-state index in [0.29, 0.717) is 18.8 Å². The quantitative estimate of drug-likeness (QED) is 0.794. The summed E-state index contributed by atoms with van der Waals surface area (Å²) in [5.41, 5.74) is 1.56. The van der Waals surface area contributed by atoms with Gasteiger partial charge in [-0.15, -0.1) is 0 Å². The van der Waals surface area contributed by atoms with E-state index >= 15 is 0 Å². The van der Waals surface area contributed by atoms with Gasteiger partial charge in [-0.05, 0) is 27.9 Å². The number of nitrogens with zero attached hydrogens (tertiary/aromatic N) is 1. The highest BCUT2D eigenvalue weighted by molar-refractivity contribution is 9.10. The Bertz CT molecular complexity index is 463. The summed E-state index contributed by atoms with van der Waals surface area (Å²) in [7, 11) is 0. The van der Waals surface area contributed by atoms with Crippen LogP contribution in [-0.4, -0.2) is 13.2 Å². The van der Waals surface area contributed by atoms with E-state index in [9.17, 15) is 5.26 Å². The lowest BCUT2D eigenvalue weighted by Gasteiger charge is -2.24. The third-order valence-corrected chi connectivity index (χ3v) is 3.14. The number of halogens is 1. The molecule has 1 aromatic rings. The van der Waals surface area contributed by atoms with Gasteiger partial charge in [-0.3, -0.25) is 0 Å². The first-order valence-electron chi connectivity index (χ1n) is 5.17. The molecule has 0 unspecified atom stereocenters. The smallest absolute Gasteiger partial charge is 0.166 e. The van der Waals surface area contributed by atoms with Gasteiger partial charge < -0.3 is 9.47 Å². The number of fused-ring (bicyclic) bond motifs is 1. The first-order chi connectivity index (χ1) is 7.65. The van der Waals surface area contributed by atoms with Crippen LogP contribution in [0.15, 0.2) is 10.5 Å². The van der Waals surface area contributed by atoms with Crippen molar-refractivity contribution < 1.29 is 9.47 Å². The van der Waals surface area contributed by atoms with E-state index in [-0.39, 0.29) is 5.92 Å². The second-order valence-electron chi connectivity index (χ2n) is 3.94. The third-order valence-electron chi connectivity index (χ3n) is 2.51. The fourth-order valence-corrected chi connectivity index (χ4v) is 2.35. The predicted octanol–water partition coefficient (Wildman–Crippen LogP) is 3.22. The summed E-state index contributed by atoms with van der Waals surface area (Å²) < 4.78 is 11.9. The summed E-state index contributed by atoms with van der Waals surface area (Å²) in [5.74, 6) is 1.67. The summed E-state index contributed by atoms with van der Waals surface area (Å²) in [5, 5.41) is 9.17. The zero-order valence-corrected chi connectivity index (χ0v) is 10.8. The van der Waals surface area contributed by atoms with Gasteiger partial charge in [-0.25, -0.2) is 0 Å². The van der Waals surface area contributed by atoms with E-state index in [4.69, 9.17) is 9.47 Å². The molecule has 1 aliphatic rings. The van der Waals surface area contributed by atoms with Crippen molar-refractivity contribution >= 4 is 15.9 Å². The zero-order chi connectivity index (χ0) is 11.7. The summed E-state index contributed by atoms with van der Waals surface area (Å²) >= 11 is 3.40. The van der Waals surface area contributed by atoms with E-state index < -0.39 is 0 Å². The number of benzene rings is 1. The van der Waals surface area contributed by atoms with Crippen LogP contribution in [0.5, 0.6) is 11.5 Å². The maximum Gasteiger partial charge on any atom is 0.166 e. The topological polar surface area (TPSA) is 42.2 Å². The number of rotatable bonds is 1. The Morgan fingerprint density at radius 2 is 2.06 bits per heavy atom. The molecule has 3 nitrogen and oxygen atoms in total. The van der Waals surface area contributed by atoms with Crippen LogP contribution in [0.25, 0.3) is 0 Å². The Balaban J connectivity index is 2.70. The largest absolute Gasteiger partial charge is 0.486 e. The molecule has 0 saturated carbocycles. The zero-order valence-electron chi connectivity index (χ0n) is 9.21. The fraction of sp³-hybridized carbons (Fsp3) is 0.417. The van der Waals surface area contributed by atoms with Crippen molar-refractivity contribution in [1.82, 2.24) is 0 Å². The molecule has 0 aromatic heterocycles. The molecule has 0 saturated heterocycles. The van der Waals surface area contributed by atoms with Gasteiger partial charge in [0.05, 0.1) is 5.56 Å². The molecule has 0 bridgehead atoms. The Morgan fingerprint density at radius 1 is 1.38 bits per heavy atom. The van der Waals surface area contributed by atoms with Crippen LogP contribution in [0.4, 0.5) is 0 Å². The highest BCUT2D eigenvalue weighted by atomic mass is 79.9. The Labute approximate surface area is 103 Å². The van der Waals surface area contributed by atoms with Crippen LogP contribution in [0, 0.1) is 11.3 Å². The van der Waals surface area contributed by atoms with Crippen LogP contribution in [0.1, 0.15) is 30.9 Å². The minimum atomic E-state index is 0.225. The van der Waals surface area contributed by atoms with Gasteiger partial charge in [-0.1, -0.05) is 13.8 Å². The Hall–Kier alpha value is -1.21. The molecule has 16 heavy (non-hydrogen) atoms. The lowest BCUT2D eigenvalue weighted by atomic mass is 9.96. The summed E-state index contributed by atoms with van der Waals surface area (Å²) in [6.07, 6.45) is 0. The van der Waals surface area contributed by atoms with Crippen molar-refractivity contribution in [2.75, 3.05) is 13.2 Å². The lowest BCUT2D eigenvalue weighted by molar-refractivity contribution is 0.169. The van der Waals surface area contributed by atoms with Crippen molar-refractivity contribution in [2.45, 2.75) is 19.8 Å². The molecule has 0 spiro atoms. The van der Waals surface area contributed by atoms with E-state index in [1.54, 1.807) is 6.07 Å². The predicted molar refractivity (Wildman–Crippen MR) is 63.9 cm³/mol. The molecule has 1 aliphatic heterocycles. The molecule has 4 heteroatoms. The number of ether oxygens (including phenoxy) is 2. The first-order valence-corrected chi connectivity index (χ1v) is 5.96. The molecule has 2 rings (SSSR count). The standard InChI is InChI=1S/C12H12BrNO2/c1-7(2)11-8(6-14)9(13)5-10-12(11)16-4-3-15-10/h5,7H,3-4H2,1-2H3. The highest BCUT2D eigenvalue weighted by Crippen LogP contribution is 2.43. The molecule has 0 radical (unpaired) electrons. The third kappa shape index (κ3) is 1.76. The SMILES string of the molecule is CC(C)c1c(C#N)c(Br)cc2c1OCCO2. The molecule has 0 atom stereocenters. The van der Waals surface area contributed by atoms with Gasteiger partial charge in [0.2, 0.25) is 0 Å². The monoisotopic (exact) mass is 281 g/mol. The number of hydrogen-bond acceptors (Lipinski definition) is 3. The van der Waals surface area contributed by atoms with E-state index in [1.807, 2.05) is 13.8 Å². The van der Waals surface area contributed by atoms with E-state index in [0.717, 1.165) is 21.5 Å². The summed E-state index contributed by atoms with van der Waals surface area (Å²) in [6, 6.07) is 4.02. The lowest BCUT2D eigenvalue weighted by Crippen LogP contribution is -2.17. The van der Waals surface area contributed by atoms with Crippen LogP contribution in [0.3, 0.4) is 0 Å². The van der Waals surface area contributed by atoms with Crippen molar-refractivity contribution in [2.24, 2.45) is 0 Å². The normalized spacial score (nSPS) is 13.7. The van der Waals surface area contributed by atoms with Gasteiger partial charge in [0.25, 0.3) is 0 Å². The molecular formula is C12H12BrNO2. The molecule has 0 fully saturated rings. The number of nitriles is 1. The average molecular weight is 282 g/mol. The van der Waals surface area contributed by atoms with Crippen molar-refractivity contribution in [3.05, 3.63) is 21.7 Å². The van der Waals surface area contributed by atoms with Gasteiger partial charge in [0.1, 0.15) is 19.3 Å². The molecule has 0 amide bonds. The summed E-state index contributed by atoms with van der Waals surface area (Å²) in [6.45, 7) is 5.18. The van der Waals surface area contributed by atoms with Crippen molar-refractivity contribution in [1.29, 1.82) is 5.26 Å². The van der Waals surface area contributed by atoms with Gasteiger partial charge in [-0.2, -0.15) is 5.26 Å². The average Bonchev–Trinajstić information content (AvgIpc) is 2.26. The van der Waals surface area contributed by atoms with Crippen LogP contribution >= 0.6 is 15.9 Å². The van der Waals surface area contributed by atoms with Crippen molar-refractivity contribution in [3.63, 3.8) is 0 Å². The minimum Gasteiger partial charge on any atom is -0.486 e. The van der Waals surface area contributed by atoms with Crippen LogP contribution < -0.4 is 9.47 Å². The Morgan fingerprint density at radius 3 is 2.69 bits per heavy atom. The highest BCUT2D eigenvalue weighted by Gasteiger charge is 2.23.